The van der Waals surface area contributed by atoms with Crippen molar-refractivity contribution >= 4 is 16.6 Å². The number of pyridine rings is 1. The third kappa shape index (κ3) is 3.14. The fourth-order valence-corrected chi connectivity index (χ4v) is 4.15. The van der Waals surface area contributed by atoms with Crippen LogP contribution in [0, 0.1) is 0 Å². The van der Waals surface area contributed by atoms with Crippen LogP contribution in [0.2, 0.25) is 0 Å². The van der Waals surface area contributed by atoms with Gasteiger partial charge in [-0.15, -0.1) is 0 Å². The van der Waals surface area contributed by atoms with Crippen molar-refractivity contribution in [1.82, 2.24) is 14.8 Å². The highest BCUT2D eigenvalue weighted by Crippen LogP contribution is 2.32. The number of fused-ring (bicyclic) bond motifs is 1. The Kier molecular flexibility index (Phi) is 4.29. The van der Waals surface area contributed by atoms with E-state index in [-0.39, 0.29) is 0 Å². The predicted octanol–water partition coefficient (Wildman–Crippen LogP) is 4.55. The van der Waals surface area contributed by atoms with Gasteiger partial charge in [0.05, 0.1) is 17.9 Å². The molecule has 1 aromatic heterocycles. The summed E-state index contributed by atoms with van der Waals surface area (Å²) in [6.07, 6.45) is 6.95. The Morgan fingerprint density at radius 2 is 1.71 bits per heavy atom. The summed E-state index contributed by atoms with van der Waals surface area (Å²) in [6, 6.07) is 22.6. The van der Waals surface area contributed by atoms with Crippen LogP contribution >= 0.6 is 0 Å². The Morgan fingerprint density at radius 1 is 0.929 bits per heavy atom. The molecule has 4 nitrogen and oxygen atoms in total. The Bertz CT molecular complexity index is 1010. The highest BCUT2D eigenvalue weighted by Gasteiger charge is 2.35. The number of hydrogen-bond donors (Lipinski definition) is 0. The Morgan fingerprint density at radius 3 is 2.50 bits per heavy atom. The van der Waals surface area contributed by atoms with E-state index < -0.39 is 0 Å². The molecule has 2 aromatic carbocycles. The normalized spacial score (nSPS) is 21.5. The number of aromatic nitrogens is 1. The minimum Gasteiger partial charge on any atom is -0.355 e. The average molecular weight is 371 g/mol. The molecule has 0 radical (unpaired) electrons. The molecule has 2 heterocycles. The first-order valence-electron chi connectivity index (χ1n) is 10.0. The van der Waals surface area contributed by atoms with Crippen LogP contribution in [0.3, 0.4) is 0 Å². The van der Waals surface area contributed by atoms with Crippen LogP contribution in [0.15, 0.2) is 73.1 Å². The Balaban J connectivity index is 1.35. The van der Waals surface area contributed by atoms with Crippen molar-refractivity contribution in [2.45, 2.75) is 24.9 Å². The van der Waals surface area contributed by atoms with Gasteiger partial charge in [-0.1, -0.05) is 42.5 Å². The number of anilines is 1. The van der Waals surface area contributed by atoms with Gasteiger partial charge in [0.1, 0.15) is 0 Å². The lowest BCUT2D eigenvalue weighted by Gasteiger charge is -2.44. The summed E-state index contributed by atoms with van der Waals surface area (Å²) in [6.45, 7) is 0.925. The molecule has 142 valence electrons. The molecule has 0 unspecified atom stereocenters. The summed E-state index contributed by atoms with van der Waals surface area (Å²) in [5, 5.41) is 1.18. The van der Waals surface area contributed by atoms with E-state index in [1.54, 1.807) is 0 Å². The van der Waals surface area contributed by atoms with E-state index in [1.807, 2.05) is 6.07 Å². The standard InChI is InChI=1S/C24H26N4/c1-26(2)21-14-22(15-21)28-13-12-27(17-28)20-10-8-19-9-11-23(25-24(19)16-20)18-6-4-3-5-7-18/h3-13,16,21-22H,14-15,17H2,1-2H3. The van der Waals surface area contributed by atoms with Gasteiger partial charge in [0, 0.05) is 41.1 Å². The summed E-state index contributed by atoms with van der Waals surface area (Å²) in [5.41, 5.74) is 4.42. The molecule has 4 heteroatoms. The molecule has 3 aromatic rings. The first kappa shape index (κ1) is 17.3. The van der Waals surface area contributed by atoms with Crippen LogP contribution < -0.4 is 4.90 Å². The van der Waals surface area contributed by atoms with Crippen molar-refractivity contribution in [2.75, 3.05) is 25.7 Å². The molecule has 1 aliphatic heterocycles. The van der Waals surface area contributed by atoms with Crippen LogP contribution in [-0.2, 0) is 0 Å². The van der Waals surface area contributed by atoms with Crippen LogP contribution in [-0.4, -0.2) is 47.6 Å². The van der Waals surface area contributed by atoms with Gasteiger partial charge in [-0.25, -0.2) is 4.98 Å². The number of benzene rings is 2. The van der Waals surface area contributed by atoms with Crippen molar-refractivity contribution in [3.05, 3.63) is 73.1 Å². The monoisotopic (exact) mass is 370 g/mol. The zero-order valence-corrected chi connectivity index (χ0v) is 16.5. The highest BCUT2D eigenvalue weighted by atomic mass is 15.4. The first-order chi connectivity index (χ1) is 13.7. The lowest BCUT2D eigenvalue weighted by atomic mass is 9.85. The third-order valence-electron chi connectivity index (χ3n) is 6.12. The Hall–Kier alpha value is -2.85. The van der Waals surface area contributed by atoms with E-state index in [0.717, 1.165) is 29.5 Å². The fourth-order valence-electron chi connectivity index (χ4n) is 4.15. The molecule has 28 heavy (non-hydrogen) atoms. The van der Waals surface area contributed by atoms with E-state index in [9.17, 15) is 0 Å². The summed E-state index contributed by atoms with van der Waals surface area (Å²) >= 11 is 0. The van der Waals surface area contributed by atoms with Crippen molar-refractivity contribution in [3.8, 4) is 11.3 Å². The van der Waals surface area contributed by atoms with E-state index >= 15 is 0 Å². The predicted molar refractivity (Wildman–Crippen MR) is 116 cm³/mol. The first-order valence-corrected chi connectivity index (χ1v) is 10.0. The molecular formula is C24H26N4. The van der Waals surface area contributed by atoms with Gasteiger partial charge in [-0.3, -0.25) is 0 Å². The van der Waals surface area contributed by atoms with Crippen molar-refractivity contribution < 1.29 is 0 Å². The Labute approximate surface area is 166 Å². The van der Waals surface area contributed by atoms with Crippen LogP contribution in [0.25, 0.3) is 22.2 Å². The second-order valence-corrected chi connectivity index (χ2v) is 8.11. The lowest BCUT2D eigenvalue weighted by molar-refractivity contribution is 0.0875. The fraction of sp³-hybridized carbons (Fsp3) is 0.292. The number of hydrogen-bond acceptors (Lipinski definition) is 4. The van der Waals surface area contributed by atoms with Crippen LogP contribution in [0.5, 0.6) is 0 Å². The lowest BCUT2D eigenvalue weighted by Crippen LogP contribution is -2.50. The molecule has 0 bridgehead atoms. The topological polar surface area (TPSA) is 22.6 Å². The molecule has 1 aliphatic carbocycles. The van der Waals surface area contributed by atoms with Gasteiger partial charge in [0.2, 0.25) is 0 Å². The van der Waals surface area contributed by atoms with E-state index in [2.05, 4.69) is 95.8 Å². The molecule has 5 rings (SSSR count). The quantitative estimate of drug-likeness (QED) is 0.672. The van der Waals surface area contributed by atoms with Gasteiger partial charge in [0.15, 0.2) is 0 Å². The summed E-state index contributed by atoms with van der Waals surface area (Å²) in [7, 11) is 4.36. The molecular weight excluding hydrogens is 344 g/mol. The molecule has 1 fully saturated rings. The minimum absolute atomic E-state index is 0.664. The third-order valence-corrected chi connectivity index (χ3v) is 6.12. The van der Waals surface area contributed by atoms with Gasteiger partial charge < -0.3 is 14.7 Å². The summed E-state index contributed by atoms with van der Waals surface area (Å²) in [5.74, 6) is 0. The maximum absolute atomic E-state index is 4.92. The molecule has 0 saturated heterocycles. The maximum atomic E-state index is 4.92. The largest absolute Gasteiger partial charge is 0.355 e. The molecule has 0 amide bonds. The minimum atomic E-state index is 0.664. The smallest absolute Gasteiger partial charge is 0.0944 e. The SMILES string of the molecule is CN(C)C1CC(N2C=CN(c3ccc4ccc(-c5ccccc5)nc4c3)C2)C1. The van der Waals surface area contributed by atoms with Crippen molar-refractivity contribution in [3.63, 3.8) is 0 Å². The molecule has 0 spiro atoms. The molecule has 0 atom stereocenters. The second kappa shape index (κ2) is 6.95. The summed E-state index contributed by atoms with van der Waals surface area (Å²) in [4.78, 5) is 12.0. The molecule has 0 N–H and O–H groups in total. The maximum Gasteiger partial charge on any atom is 0.0944 e. The van der Waals surface area contributed by atoms with Gasteiger partial charge in [0.25, 0.3) is 0 Å². The van der Waals surface area contributed by atoms with Crippen molar-refractivity contribution in [1.29, 1.82) is 0 Å². The average Bonchev–Trinajstić information content (AvgIpc) is 3.16. The van der Waals surface area contributed by atoms with E-state index in [4.69, 9.17) is 4.98 Å². The second-order valence-electron chi connectivity index (χ2n) is 8.11. The van der Waals surface area contributed by atoms with Gasteiger partial charge in [-0.2, -0.15) is 0 Å². The number of rotatable bonds is 4. The van der Waals surface area contributed by atoms with Crippen molar-refractivity contribution in [2.24, 2.45) is 0 Å². The van der Waals surface area contributed by atoms with Crippen LogP contribution in [0.4, 0.5) is 5.69 Å². The van der Waals surface area contributed by atoms with E-state index in [0.29, 0.717) is 6.04 Å². The molecule has 2 aliphatic rings. The number of nitrogens with zero attached hydrogens (tertiary/aromatic N) is 4. The van der Waals surface area contributed by atoms with Crippen LogP contribution in [0.1, 0.15) is 12.8 Å². The zero-order valence-electron chi connectivity index (χ0n) is 16.5. The zero-order chi connectivity index (χ0) is 19.1. The van der Waals surface area contributed by atoms with Gasteiger partial charge in [-0.05, 0) is 45.1 Å². The molecule has 1 saturated carbocycles. The van der Waals surface area contributed by atoms with Gasteiger partial charge >= 0.3 is 0 Å². The summed E-state index contributed by atoms with van der Waals surface area (Å²) < 4.78 is 0. The highest BCUT2D eigenvalue weighted by molar-refractivity contribution is 5.85. The van der Waals surface area contributed by atoms with E-state index in [1.165, 1.54) is 23.9 Å².